The molecule has 2 aromatic rings. The number of aliphatic hydroxyl groups excluding tert-OH is 1. The Kier molecular flexibility index (Phi) is 13.9. The first-order chi connectivity index (χ1) is 20.4. The molecule has 0 spiro atoms. The number of hydrogen-bond donors (Lipinski definition) is 6. The van der Waals surface area contributed by atoms with Crippen molar-refractivity contribution >= 4 is 42.5 Å². The van der Waals surface area contributed by atoms with E-state index >= 15 is 0 Å². The third kappa shape index (κ3) is 11.6. The molecule has 3 atom stereocenters. The Morgan fingerprint density at radius 2 is 1.67 bits per heavy atom. The van der Waals surface area contributed by atoms with E-state index in [1.807, 2.05) is 0 Å². The Balaban J connectivity index is 2.13. The molecule has 12 nitrogen and oxygen atoms in total. The molecule has 232 valence electrons. The number of carbonyl (C=O) groups excluding carboxylic acids is 4. The van der Waals surface area contributed by atoms with E-state index in [9.17, 15) is 28.8 Å². The molecule has 0 fully saturated rings. The Hall–Kier alpha value is -4.17. The summed E-state index contributed by atoms with van der Waals surface area (Å²) in [5.74, 6) is -2.25. The SMILES string of the molecule is C#CP(=O)(Nc1ccc(C(=O)N[C@H](C(=O)C[C@@H](CCCNC(N)=O)C(=O)Nc2ccc(CO)cc2)C(C)C)cc1)OCC. The summed E-state index contributed by atoms with van der Waals surface area (Å²) in [5.41, 5.74) is 9.09. The molecular formula is C30H40N5O7P. The number of amides is 4. The lowest BCUT2D eigenvalue weighted by Gasteiger charge is -2.24. The minimum Gasteiger partial charge on any atom is -0.392 e. The summed E-state index contributed by atoms with van der Waals surface area (Å²) in [7, 11) is -3.51. The number of anilines is 2. The van der Waals surface area contributed by atoms with Crippen LogP contribution in [0.3, 0.4) is 0 Å². The van der Waals surface area contributed by atoms with Crippen molar-refractivity contribution in [1.82, 2.24) is 10.6 Å². The lowest BCUT2D eigenvalue weighted by molar-refractivity contribution is -0.128. The van der Waals surface area contributed by atoms with Gasteiger partial charge in [-0.25, -0.2) is 4.79 Å². The number of nitrogens with two attached hydrogens (primary N) is 1. The summed E-state index contributed by atoms with van der Waals surface area (Å²) in [5, 5.41) is 20.0. The highest BCUT2D eigenvalue weighted by Gasteiger charge is 2.30. The number of hydrogen-bond acceptors (Lipinski definition) is 7. The van der Waals surface area contributed by atoms with Gasteiger partial charge in [0.25, 0.3) is 5.91 Å². The van der Waals surface area contributed by atoms with Crippen molar-refractivity contribution < 1.29 is 33.4 Å². The van der Waals surface area contributed by atoms with Gasteiger partial charge in [-0.2, -0.15) is 0 Å². The third-order valence-corrected chi connectivity index (χ3v) is 7.97. The fourth-order valence-electron chi connectivity index (χ4n) is 4.19. The van der Waals surface area contributed by atoms with E-state index in [2.05, 4.69) is 26.7 Å². The van der Waals surface area contributed by atoms with Crippen LogP contribution in [0, 0.1) is 23.9 Å². The molecule has 43 heavy (non-hydrogen) atoms. The number of carbonyl (C=O) groups is 4. The monoisotopic (exact) mass is 613 g/mol. The summed E-state index contributed by atoms with van der Waals surface area (Å²) < 4.78 is 17.6. The predicted octanol–water partition coefficient (Wildman–Crippen LogP) is 3.83. The standard InChI is InChI=1S/C30H40N5O7P/c1-5-42-43(41,6-2)35-25-15-11-22(12-16-25)28(38)34-27(20(3)4)26(37)18-23(8-7-17-32-30(31)40)29(39)33-24-13-9-21(19-36)10-14-24/h2,9-16,20,23,27,36H,5,7-8,17-19H2,1,3-4H3,(H,33,39)(H,34,38)(H,35,41)(H3,31,32,40)/t23-,27+,43?/m1/s1. The number of Topliss-reactive ketones (excluding diaryl/α,β-unsaturated/α-hetero) is 1. The average molecular weight is 614 g/mol. The minimum atomic E-state index is -3.51. The second kappa shape index (κ2) is 17.1. The van der Waals surface area contributed by atoms with E-state index < -0.39 is 37.3 Å². The molecule has 0 aromatic heterocycles. The van der Waals surface area contributed by atoms with Crippen LogP contribution in [0.5, 0.6) is 0 Å². The highest BCUT2D eigenvalue weighted by molar-refractivity contribution is 7.65. The van der Waals surface area contributed by atoms with E-state index in [4.69, 9.17) is 16.7 Å². The zero-order valence-electron chi connectivity index (χ0n) is 24.6. The number of primary amides is 1. The molecule has 4 amide bonds. The van der Waals surface area contributed by atoms with E-state index in [-0.39, 0.29) is 49.9 Å². The van der Waals surface area contributed by atoms with Gasteiger partial charge in [0.2, 0.25) is 5.91 Å². The quantitative estimate of drug-likeness (QED) is 0.0882. The normalized spacial score (nSPS) is 13.6. The molecule has 7 N–H and O–H groups in total. The van der Waals surface area contributed by atoms with Gasteiger partial charge in [0.15, 0.2) is 5.78 Å². The number of aliphatic hydroxyl groups is 1. The predicted molar refractivity (Wildman–Crippen MR) is 165 cm³/mol. The largest absolute Gasteiger partial charge is 0.392 e. The number of terminal acetylenes is 1. The smallest absolute Gasteiger partial charge is 0.367 e. The Morgan fingerprint density at radius 1 is 1.05 bits per heavy atom. The first-order valence-electron chi connectivity index (χ1n) is 13.9. The molecule has 0 aliphatic carbocycles. The molecule has 2 rings (SSSR count). The maximum Gasteiger partial charge on any atom is 0.367 e. The van der Waals surface area contributed by atoms with Crippen molar-refractivity contribution in [3.63, 3.8) is 0 Å². The van der Waals surface area contributed by atoms with Gasteiger partial charge >= 0.3 is 13.6 Å². The molecular weight excluding hydrogens is 573 g/mol. The molecule has 0 aliphatic rings. The van der Waals surface area contributed by atoms with Gasteiger partial charge in [0.1, 0.15) is 0 Å². The second-order valence-electron chi connectivity index (χ2n) is 10.1. The molecule has 13 heteroatoms. The van der Waals surface area contributed by atoms with Gasteiger partial charge in [0.05, 0.1) is 19.3 Å². The topological polar surface area (TPSA) is 189 Å². The number of rotatable bonds is 17. The summed E-state index contributed by atoms with van der Waals surface area (Å²) in [6.07, 6.45) is 5.85. The summed E-state index contributed by atoms with van der Waals surface area (Å²) >= 11 is 0. The molecule has 0 saturated heterocycles. The maximum atomic E-state index is 13.5. The lowest BCUT2D eigenvalue weighted by atomic mass is 9.89. The fourth-order valence-corrected chi connectivity index (χ4v) is 5.24. The van der Waals surface area contributed by atoms with Crippen LogP contribution in [0.1, 0.15) is 56.0 Å². The number of benzene rings is 2. The third-order valence-electron chi connectivity index (χ3n) is 6.46. The van der Waals surface area contributed by atoms with Gasteiger partial charge < -0.3 is 36.4 Å². The van der Waals surface area contributed by atoms with Crippen LogP contribution >= 0.6 is 7.52 Å². The summed E-state index contributed by atoms with van der Waals surface area (Å²) in [4.78, 5) is 50.8. The fraction of sp³-hybridized carbons (Fsp3) is 0.400. The van der Waals surface area contributed by atoms with E-state index in [0.717, 1.165) is 0 Å². The Labute approximate surface area is 252 Å². The van der Waals surface area contributed by atoms with Gasteiger partial charge in [-0.15, -0.1) is 6.42 Å². The van der Waals surface area contributed by atoms with Crippen LogP contribution in [0.15, 0.2) is 48.5 Å². The second-order valence-corrected chi connectivity index (χ2v) is 12.0. The van der Waals surface area contributed by atoms with E-state index in [1.54, 1.807) is 45.0 Å². The molecule has 0 bridgehead atoms. The van der Waals surface area contributed by atoms with Crippen molar-refractivity contribution in [3.8, 4) is 12.1 Å². The van der Waals surface area contributed by atoms with Crippen molar-refractivity contribution in [2.45, 2.75) is 52.7 Å². The summed E-state index contributed by atoms with van der Waals surface area (Å²) in [6.45, 7) is 5.49. The molecule has 0 aliphatic heterocycles. The highest BCUT2D eigenvalue weighted by atomic mass is 31.2. The first-order valence-corrected chi connectivity index (χ1v) is 15.5. The van der Waals surface area contributed by atoms with Gasteiger partial charge in [-0.05, 0) is 67.6 Å². The molecule has 1 unspecified atom stereocenters. The van der Waals surface area contributed by atoms with Gasteiger partial charge in [-0.1, -0.05) is 26.0 Å². The van der Waals surface area contributed by atoms with Crippen molar-refractivity contribution in [2.24, 2.45) is 17.6 Å². The van der Waals surface area contributed by atoms with Crippen molar-refractivity contribution in [2.75, 3.05) is 23.6 Å². The number of urea groups is 1. The number of nitrogens with one attached hydrogen (secondary N) is 4. The Morgan fingerprint density at radius 3 is 2.21 bits per heavy atom. The zero-order valence-corrected chi connectivity index (χ0v) is 25.5. The van der Waals surface area contributed by atoms with Crippen LogP contribution in [-0.2, 0) is 25.3 Å². The van der Waals surface area contributed by atoms with Crippen LogP contribution in [-0.4, -0.2) is 47.9 Å². The van der Waals surface area contributed by atoms with Crippen molar-refractivity contribution in [3.05, 3.63) is 59.7 Å². The maximum absolute atomic E-state index is 13.5. The molecule has 0 radical (unpaired) electrons. The van der Waals surface area contributed by atoms with Gasteiger partial charge in [0, 0.05) is 41.5 Å². The minimum absolute atomic E-state index is 0.136. The van der Waals surface area contributed by atoms with Crippen LogP contribution in [0.4, 0.5) is 16.2 Å². The van der Waals surface area contributed by atoms with Crippen LogP contribution in [0.2, 0.25) is 0 Å². The summed E-state index contributed by atoms with van der Waals surface area (Å²) in [6, 6.07) is 11.1. The van der Waals surface area contributed by atoms with E-state index in [0.29, 0.717) is 23.4 Å². The average Bonchev–Trinajstić information content (AvgIpc) is 2.97. The molecule has 2 aromatic carbocycles. The Bertz CT molecular complexity index is 1340. The zero-order chi connectivity index (χ0) is 32.0. The molecule has 0 heterocycles. The van der Waals surface area contributed by atoms with E-state index in [1.165, 1.54) is 24.3 Å². The van der Waals surface area contributed by atoms with Crippen LogP contribution in [0.25, 0.3) is 0 Å². The van der Waals surface area contributed by atoms with Crippen molar-refractivity contribution in [1.29, 1.82) is 0 Å². The lowest BCUT2D eigenvalue weighted by Crippen LogP contribution is -2.45. The first kappa shape index (κ1) is 35.0. The van der Waals surface area contributed by atoms with Gasteiger partial charge in [-0.3, -0.25) is 18.9 Å². The van der Waals surface area contributed by atoms with Crippen LogP contribution < -0.4 is 26.8 Å². The highest BCUT2D eigenvalue weighted by Crippen LogP contribution is 2.45. The number of ketones is 1. The molecule has 0 saturated carbocycles.